The summed E-state index contributed by atoms with van der Waals surface area (Å²) in [5, 5.41) is 0. The molecule has 0 amide bonds. The van der Waals surface area contributed by atoms with Gasteiger partial charge in [-0.3, -0.25) is 0 Å². The van der Waals surface area contributed by atoms with Gasteiger partial charge in [0.25, 0.3) is 0 Å². The van der Waals surface area contributed by atoms with Crippen LogP contribution in [0.5, 0.6) is 0 Å². The second-order valence-corrected chi connectivity index (χ2v) is 2.86. The summed E-state index contributed by atoms with van der Waals surface area (Å²) in [4.78, 5) is 0. The van der Waals surface area contributed by atoms with E-state index in [2.05, 4.69) is 0 Å². The lowest BCUT2D eigenvalue weighted by molar-refractivity contribution is -0.0881. The predicted octanol–water partition coefficient (Wildman–Crippen LogP) is 4.02. The first-order valence-corrected chi connectivity index (χ1v) is 3.93. The third-order valence-electron chi connectivity index (χ3n) is 1.27. The second kappa shape index (κ2) is 4.90. The van der Waals surface area contributed by atoms with Crippen molar-refractivity contribution in [3.05, 3.63) is 35.5 Å². The Kier molecular flexibility index (Phi) is 4.52. The van der Waals surface area contributed by atoms with Gasteiger partial charge in [-0.1, -0.05) is 29.9 Å². The number of halogens is 3. The Bertz CT molecular complexity index is 237. The summed E-state index contributed by atoms with van der Waals surface area (Å²) >= 11 is 0. The summed E-state index contributed by atoms with van der Waals surface area (Å²) in [6.07, 6.45) is 0.689. The maximum Gasteiger partial charge on any atom is 0.416 e. The van der Waals surface area contributed by atoms with E-state index in [1.54, 1.807) is 20.8 Å². The quantitative estimate of drug-likeness (QED) is 0.577. The van der Waals surface area contributed by atoms with Crippen molar-refractivity contribution in [2.24, 2.45) is 0 Å². The van der Waals surface area contributed by atoms with Crippen LogP contribution in [-0.2, 0) is 0 Å². The van der Waals surface area contributed by atoms with Crippen molar-refractivity contribution in [1.82, 2.24) is 0 Å². The molecule has 0 rings (SSSR count). The molecule has 0 nitrogen and oxygen atoms in total. The monoisotopic (exact) mass is 190 g/mol. The van der Waals surface area contributed by atoms with Gasteiger partial charge in [-0.05, 0) is 20.8 Å². The van der Waals surface area contributed by atoms with Crippen molar-refractivity contribution in [3.8, 4) is 0 Å². The van der Waals surface area contributed by atoms with Gasteiger partial charge in [0.05, 0.1) is 5.57 Å². The molecule has 0 aliphatic carbocycles. The molecule has 0 aromatic carbocycles. The van der Waals surface area contributed by atoms with Gasteiger partial charge in [0.2, 0.25) is 0 Å². The molecule has 0 aliphatic rings. The molecule has 0 saturated carbocycles. The molecular formula is C10H13F3. The molecule has 0 radical (unpaired) electrons. The minimum atomic E-state index is -4.27. The lowest BCUT2D eigenvalue weighted by Gasteiger charge is -2.05. The number of hydrogen-bond acceptors (Lipinski definition) is 0. The molecule has 74 valence electrons. The SMILES string of the molecule is C/C=C\C(=C/C=C(C)C)C(F)(F)F. The Labute approximate surface area is 76.5 Å². The van der Waals surface area contributed by atoms with E-state index in [1.807, 2.05) is 0 Å². The van der Waals surface area contributed by atoms with Gasteiger partial charge >= 0.3 is 6.18 Å². The third-order valence-corrected chi connectivity index (χ3v) is 1.27. The summed E-state index contributed by atoms with van der Waals surface area (Å²) in [7, 11) is 0. The molecule has 13 heavy (non-hydrogen) atoms. The minimum absolute atomic E-state index is 0.629. The number of allylic oxidation sites excluding steroid dienone is 6. The highest BCUT2D eigenvalue weighted by molar-refractivity contribution is 5.28. The predicted molar refractivity (Wildman–Crippen MR) is 48.4 cm³/mol. The standard InChI is InChI=1S/C10H13F3/c1-4-5-9(10(11,12)13)7-6-8(2)3/h4-7H,1-3H3/b5-4-,9-7+. The Morgan fingerprint density at radius 1 is 1.08 bits per heavy atom. The molecular weight excluding hydrogens is 177 g/mol. The number of hydrogen-bond donors (Lipinski definition) is 0. The fraction of sp³-hybridized carbons (Fsp3) is 0.400. The molecule has 0 unspecified atom stereocenters. The lowest BCUT2D eigenvalue weighted by atomic mass is 10.2. The van der Waals surface area contributed by atoms with Gasteiger partial charge in [0.1, 0.15) is 0 Å². The van der Waals surface area contributed by atoms with Gasteiger partial charge in [-0.15, -0.1) is 0 Å². The fourth-order valence-electron chi connectivity index (χ4n) is 0.681. The summed E-state index contributed by atoms with van der Waals surface area (Å²) in [6, 6.07) is 0. The number of alkyl halides is 3. The van der Waals surface area contributed by atoms with Gasteiger partial charge < -0.3 is 0 Å². The smallest absolute Gasteiger partial charge is 0.166 e. The maximum atomic E-state index is 12.2. The van der Waals surface area contributed by atoms with Crippen LogP contribution < -0.4 is 0 Å². The molecule has 0 fully saturated rings. The van der Waals surface area contributed by atoms with Crippen LogP contribution in [0.1, 0.15) is 20.8 Å². The maximum absolute atomic E-state index is 12.2. The summed E-state index contributed by atoms with van der Waals surface area (Å²) in [5.74, 6) is 0. The Morgan fingerprint density at radius 2 is 1.62 bits per heavy atom. The van der Waals surface area contributed by atoms with Crippen LogP contribution in [0.15, 0.2) is 35.5 Å². The average molecular weight is 190 g/mol. The van der Waals surface area contributed by atoms with Crippen LogP contribution >= 0.6 is 0 Å². The third kappa shape index (κ3) is 5.28. The molecule has 0 aromatic heterocycles. The lowest BCUT2D eigenvalue weighted by Crippen LogP contribution is -2.09. The highest BCUT2D eigenvalue weighted by atomic mass is 19.4. The zero-order chi connectivity index (χ0) is 10.5. The van der Waals surface area contributed by atoms with E-state index in [0.29, 0.717) is 0 Å². The molecule has 0 aromatic rings. The fourth-order valence-corrected chi connectivity index (χ4v) is 0.681. The van der Waals surface area contributed by atoms with Crippen LogP contribution in [0.2, 0.25) is 0 Å². The van der Waals surface area contributed by atoms with Gasteiger partial charge in [-0.2, -0.15) is 13.2 Å². The van der Waals surface area contributed by atoms with Crippen LogP contribution in [0.3, 0.4) is 0 Å². The average Bonchev–Trinajstić information content (AvgIpc) is 1.95. The normalized spacial score (nSPS) is 13.5. The topological polar surface area (TPSA) is 0 Å². The minimum Gasteiger partial charge on any atom is -0.166 e. The van der Waals surface area contributed by atoms with E-state index in [9.17, 15) is 13.2 Å². The van der Waals surface area contributed by atoms with E-state index in [1.165, 1.54) is 12.2 Å². The van der Waals surface area contributed by atoms with Crippen LogP contribution in [0.4, 0.5) is 13.2 Å². The molecule has 0 heterocycles. The largest absolute Gasteiger partial charge is 0.416 e. The zero-order valence-electron chi connectivity index (χ0n) is 7.94. The first-order valence-electron chi connectivity index (χ1n) is 3.93. The van der Waals surface area contributed by atoms with Crippen LogP contribution in [-0.4, -0.2) is 6.18 Å². The second-order valence-electron chi connectivity index (χ2n) is 2.86. The zero-order valence-corrected chi connectivity index (χ0v) is 7.94. The van der Waals surface area contributed by atoms with Crippen molar-refractivity contribution in [2.45, 2.75) is 26.9 Å². The highest BCUT2D eigenvalue weighted by Crippen LogP contribution is 2.26. The summed E-state index contributed by atoms with van der Waals surface area (Å²) in [5.41, 5.74) is 0.211. The van der Waals surface area contributed by atoms with E-state index in [-0.39, 0.29) is 0 Å². The van der Waals surface area contributed by atoms with Crippen molar-refractivity contribution < 1.29 is 13.2 Å². The van der Waals surface area contributed by atoms with Crippen molar-refractivity contribution in [3.63, 3.8) is 0 Å². The summed E-state index contributed by atoms with van der Waals surface area (Å²) in [6.45, 7) is 5.06. The molecule has 0 spiro atoms. The molecule has 0 saturated heterocycles. The molecule has 3 heteroatoms. The highest BCUT2D eigenvalue weighted by Gasteiger charge is 2.30. The van der Waals surface area contributed by atoms with E-state index in [4.69, 9.17) is 0 Å². The van der Waals surface area contributed by atoms with E-state index >= 15 is 0 Å². The molecule has 0 atom stereocenters. The molecule has 0 bridgehead atoms. The first kappa shape index (κ1) is 12.0. The van der Waals surface area contributed by atoms with Crippen molar-refractivity contribution in [1.29, 1.82) is 0 Å². The molecule has 0 aliphatic heterocycles. The Morgan fingerprint density at radius 3 is 1.92 bits per heavy atom. The van der Waals surface area contributed by atoms with Crippen LogP contribution in [0, 0.1) is 0 Å². The van der Waals surface area contributed by atoms with Gasteiger partial charge in [0, 0.05) is 0 Å². The van der Waals surface area contributed by atoms with E-state index in [0.717, 1.165) is 17.7 Å². The molecule has 0 N–H and O–H groups in total. The van der Waals surface area contributed by atoms with Crippen molar-refractivity contribution in [2.75, 3.05) is 0 Å². The van der Waals surface area contributed by atoms with Crippen molar-refractivity contribution >= 4 is 0 Å². The van der Waals surface area contributed by atoms with E-state index < -0.39 is 11.7 Å². The van der Waals surface area contributed by atoms with Gasteiger partial charge in [-0.25, -0.2) is 0 Å². The van der Waals surface area contributed by atoms with Crippen LogP contribution in [0.25, 0.3) is 0 Å². The number of rotatable bonds is 2. The summed E-state index contributed by atoms with van der Waals surface area (Å²) < 4.78 is 36.6. The Balaban J connectivity index is 4.82. The first-order chi connectivity index (χ1) is 5.88. The Hall–Kier alpha value is -0.990. The van der Waals surface area contributed by atoms with Gasteiger partial charge in [0.15, 0.2) is 0 Å².